The summed E-state index contributed by atoms with van der Waals surface area (Å²) < 4.78 is 25.5. The number of non-ortho nitro benzene ring substituents is 2. The van der Waals surface area contributed by atoms with E-state index < -0.39 is 4.92 Å². The molecule has 0 radical (unpaired) electrons. The molecule has 1 aromatic heterocycles. The van der Waals surface area contributed by atoms with E-state index in [1.807, 2.05) is 30.3 Å². The average Bonchev–Trinajstić information content (AvgIpc) is 3.06. The lowest BCUT2D eigenvalue weighted by molar-refractivity contribution is -0.686. The zero-order valence-corrected chi connectivity index (χ0v) is 24.9. The van der Waals surface area contributed by atoms with Gasteiger partial charge in [0.2, 0.25) is 5.69 Å². The van der Waals surface area contributed by atoms with Crippen molar-refractivity contribution in [1.82, 2.24) is 0 Å². The van der Waals surface area contributed by atoms with Crippen LogP contribution in [-0.4, -0.2) is 31.2 Å². The molecule has 5 aromatic rings. The highest BCUT2D eigenvalue weighted by Crippen LogP contribution is 2.43. The standard InChI is InChI=1S/C34H30N3O8/c1-42-30-11-10-26-28(16-21-6-4-8-24(14-21)36(38)39)33-27-18-31(43-2)32(45-20-22-7-5-9-25(15-22)37(40)41)17-23(27)12-13-35(33)19-29(26)34(30)44-3/h4-11,14-15,17-19H,12-13,16,20H2,1-3H3/q+1. The molecule has 2 heterocycles. The molecule has 0 unspecified atom stereocenters. The number of aryl methyl sites for hydroxylation is 2. The molecule has 4 aromatic carbocycles. The second-order valence-electron chi connectivity index (χ2n) is 10.6. The van der Waals surface area contributed by atoms with Crippen LogP contribution in [0.5, 0.6) is 23.0 Å². The van der Waals surface area contributed by atoms with Crippen molar-refractivity contribution in [1.29, 1.82) is 0 Å². The lowest BCUT2D eigenvalue weighted by Crippen LogP contribution is -2.41. The number of methoxy groups -OCH3 is 3. The van der Waals surface area contributed by atoms with Crippen LogP contribution in [0.3, 0.4) is 0 Å². The van der Waals surface area contributed by atoms with Crippen molar-refractivity contribution in [3.05, 3.63) is 121 Å². The van der Waals surface area contributed by atoms with Crippen LogP contribution in [0, 0.1) is 20.2 Å². The number of nitro benzene ring substituents is 2. The number of pyridine rings is 1. The van der Waals surface area contributed by atoms with Crippen molar-refractivity contribution in [2.75, 3.05) is 21.3 Å². The number of aromatic nitrogens is 1. The highest BCUT2D eigenvalue weighted by molar-refractivity contribution is 5.95. The summed E-state index contributed by atoms with van der Waals surface area (Å²) in [7, 11) is 4.78. The molecule has 0 N–H and O–H groups in total. The van der Waals surface area contributed by atoms with Crippen LogP contribution in [-0.2, 0) is 26.0 Å². The van der Waals surface area contributed by atoms with Gasteiger partial charge in [-0.2, -0.15) is 4.57 Å². The average molecular weight is 609 g/mol. The molecule has 0 saturated carbocycles. The summed E-state index contributed by atoms with van der Waals surface area (Å²) in [4.78, 5) is 22.0. The van der Waals surface area contributed by atoms with Gasteiger partial charge in [0.25, 0.3) is 11.4 Å². The van der Waals surface area contributed by atoms with Crippen LogP contribution in [0.2, 0.25) is 0 Å². The Balaban J connectivity index is 1.49. The first kappa shape index (κ1) is 29.4. The van der Waals surface area contributed by atoms with Gasteiger partial charge >= 0.3 is 0 Å². The molecule has 0 bridgehead atoms. The Morgan fingerprint density at radius 3 is 2.11 bits per heavy atom. The maximum Gasteiger partial charge on any atom is 0.269 e. The first-order chi connectivity index (χ1) is 21.8. The van der Waals surface area contributed by atoms with Crippen molar-refractivity contribution in [2.45, 2.75) is 26.0 Å². The van der Waals surface area contributed by atoms with Crippen LogP contribution < -0.4 is 23.5 Å². The zero-order chi connectivity index (χ0) is 31.7. The Bertz CT molecular complexity index is 1970. The lowest BCUT2D eigenvalue weighted by atomic mass is 9.88. The Morgan fingerprint density at radius 1 is 0.756 bits per heavy atom. The van der Waals surface area contributed by atoms with E-state index in [1.54, 1.807) is 45.6 Å². The lowest BCUT2D eigenvalue weighted by Gasteiger charge is -2.22. The van der Waals surface area contributed by atoms with E-state index in [2.05, 4.69) is 10.8 Å². The molecule has 0 atom stereocenters. The number of benzene rings is 4. The van der Waals surface area contributed by atoms with Gasteiger partial charge in [0.1, 0.15) is 6.61 Å². The molecule has 0 aliphatic carbocycles. The van der Waals surface area contributed by atoms with Crippen LogP contribution in [0.25, 0.3) is 22.0 Å². The molecular formula is C34H30N3O8+. The molecule has 0 fully saturated rings. The van der Waals surface area contributed by atoms with Gasteiger partial charge < -0.3 is 18.9 Å². The molecule has 11 heteroatoms. The van der Waals surface area contributed by atoms with Gasteiger partial charge in [0.05, 0.1) is 42.1 Å². The summed E-state index contributed by atoms with van der Waals surface area (Å²) in [5.41, 5.74) is 5.43. The largest absolute Gasteiger partial charge is 0.493 e. The van der Waals surface area contributed by atoms with Crippen LogP contribution in [0.1, 0.15) is 22.3 Å². The minimum absolute atomic E-state index is 0.0000997. The van der Waals surface area contributed by atoms with Crippen LogP contribution in [0.4, 0.5) is 11.4 Å². The van der Waals surface area contributed by atoms with Crippen molar-refractivity contribution in [2.24, 2.45) is 0 Å². The predicted octanol–water partition coefficient (Wildman–Crippen LogP) is 6.36. The number of ether oxygens (including phenoxy) is 4. The number of hydrogen-bond donors (Lipinski definition) is 0. The predicted molar refractivity (Wildman–Crippen MR) is 166 cm³/mol. The minimum atomic E-state index is -0.432. The third-order valence-corrected chi connectivity index (χ3v) is 8.05. The Hall–Kier alpha value is -5.71. The number of hydrogen-bond acceptors (Lipinski definition) is 8. The summed E-state index contributed by atoms with van der Waals surface area (Å²) >= 11 is 0. The topological polar surface area (TPSA) is 127 Å². The zero-order valence-electron chi connectivity index (χ0n) is 24.9. The highest BCUT2D eigenvalue weighted by atomic mass is 16.6. The molecular weight excluding hydrogens is 578 g/mol. The quantitative estimate of drug-likeness (QED) is 0.102. The number of nitrogens with zero attached hydrogens (tertiary/aromatic N) is 3. The van der Waals surface area contributed by atoms with Gasteiger partial charge in [-0.1, -0.05) is 24.3 Å². The first-order valence-electron chi connectivity index (χ1n) is 14.2. The highest BCUT2D eigenvalue weighted by Gasteiger charge is 2.32. The van der Waals surface area contributed by atoms with Gasteiger partial charge in [-0.3, -0.25) is 20.2 Å². The Kier molecular flexibility index (Phi) is 7.91. The summed E-state index contributed by atoms with van der Waals surface area (Å²) in [5.74, 6) is 2.26. The maximum absolute atomic E-state index is 11.6. The third-order valence-electron chi connectivity index (χ3n) is 8.05. The molecule has 0 spiro atoms. The molecule has 11 nitrogen and oxygen atoms in total. The second kappa shape index (κ2) is 12.1. The summed E-state index contributed by atoms with van der Waals surface area (Å²) in [5, 5.41) is 24.6. The van der Waals surface area contributed by atoms with Gasteiger partial charge in [-0.15, -0.1) is 0 Å². The molecule has 1 aliphatic rings. The summed E-state index contributed by atoms with van der Waals surface area (Å²) in [6.07, 6.45) is 3.19. The van der Waals surface area contributed by atoms with E-state index in [4.69, 9.17) is 18.9 Å². The van der Waals surface area contributed by atoms with Crippen molar-refractivity contribution in [3.63, 3.8) is 0 Å². The van der Waals surface area contributed by atoms with Gasteiger partial charge in [0, 0.05) is 48.1 Å². The van der Waals surface area contributed by atoms with Crippen LogP contribution in [0.15, 0.2) is 79.0 Å². The number of nitro groups is 2. The van der Waals surface area contributed by atoms with E-state index in [0.717, 1.165) is 38.7 Å². The van der Waals surface area contributed by atoms with E-state index in [0.29, 0.717) is 47.9 Å². The molecule has 45 heavy (non-hydrogen) atoms. The fourth-order valence-corrected chi connectivity index (χ4v) is 5.98. The summed E-state index contributed by atoms with van der Waals surface area (Å²) in [6.45, 7) is 0.795. The first-order valence-corrected chi connectivity index (χ1v) is 14.2. The smallest absolute Gasteiger partial charge is 0.269 e. The molecule has 6 rings (SSSR count). The van der Waals surface area contributed by atoms with Crippen molar-refractivity contribution >= 4 is 22.1 Å². The van der Waals surface area contributed by atoms with E-state index in [-0.39, 0.29) is 22.9 Å². The monoisotopic (exact) mass is 608 g/mol. The normalized spacial score (nSPS) is 11.8. The molecule has 0 saturated heterocycles. The number of rotatable bonds is 10. The Labute approximate surface area is 258 Å². The van der Waals surface area contributed by atoms with Crippen LogP contribution >= 0.6 is 0 Å². The maximum atomic E-state index is 11.6. The fraction of sp³-hybridized carbons (Fsp3) is 0.206. The third kappa shape index (κ3) is 5.55. The fourth-order valence-electron chi connectivity index (χ4n) is 5.98. The van der Waals surface area contributed by atoms with Gasteiger partial charge in [-0.25, -0.2) is 0 Å². The SMILES string of the molecule is COc1cc2c(cc1OCc1cccc([N+](=O)[O-])c1)CC[n+]1cc3c(OC)c(OC)ccc3c(Cc3cccc([N+](=O)[O-])c3)c1-2. The van der Waals surface area contributed by atoms with E-state index >= 15 is 0 Å². The van der Waals surface area contributed by atoms with Gasteiger partial charge in [-0.05, 0) is 41.0 Å². The molecule has 0 amide bonds. The number of fused-ring (bicyclic) bond motifs is 4. The van der Waals surface area contributed by atoms with Crippen molar-refractivity contribution in [3.8, 4) is 34.3 Å². The molecule has 1 aliphatic heterocycles. The van der Waals surface area contributed by atoms with E-state index in [1.165, 1.54) is 18.2 Å². The molecule has 228 valence electrons. The Morgan fingerprint density at radius 2 is 1.44 bits per heavy atom. The second-order valence-corrected chi connectivity index (χ2v) is 10.6. The van der Waals surface area contributed by atoms with Crippen molar-refractivity contribution < 1.29 is 33.4 Å². The van der Waals surface area contributed by atoms with Gasteiger partial charge in [0.15, 0.2) is 35.7 Å². The van der Waals surface area contributed by atoms with E-state index in [9.17, 15) is 20.2 Å². The summed E-state index contributed by atoms with van der Waals surface area (Å²) in [6, 6.07) is 20.8. The minimum Gasteiger partial charge on any atom is -0.493 e.